The fraction of sp³-hybridized carbons (Fsp3) is 0.211. The van der Waals surface area contributed by atoms with Crippen LogP contribution >= 0.6 is 0 Å². The lowest BCUT2D eigenvalue weighted by molar-refractivity contribution is -0.141. The van der Waals surface area contributed by atoms with Gasteiger partial charge in [0.2, 0.25) is 0 Å². The number of para-hydroxylation sites is 1. The average molecular weight is 393 g/mol. The summed E-state index contributed by atoms with van der Waals surface area (Å²) in [6, 6.07) is 11.4. The van der Waals surface area contributed by atoms with Gasteiger partial charge in [-0.05, 0) is 36.4 Å². The van der Waals surface area contributed by atoms with E-state index in [9.17, 15) is 23.2 Å². The van der Waals surface area contributed by atoms with E-state index < -0.39 is 37.4 Å². The van der Waals surface area contributed by atoms with Crippen molar-refractivity contribution in [2.45, 2.75) is 6.61 Å². The maximum absolute atomic E-state index is 12.1. The van der Waals surface area contributed by atoms with Crippen LogP contribution in [0.3, 0.4) is 0 Å². The van der Waals surface area contributed by atoms with Gasteiger partial charge in [0.05, 0.1) is 12.7 Å². The highest BCUT2D eigenvalue weighted by molar-refractivity contribution is 5.99. The molecule has 0 aliphatic heterocycles. The molecule has 0 saturated carbocycles. The number of ketones is 1. The van der Waals surface area contributed by atoms with Crippen LogP contribution in [0, 0.1) is 0 Å². The molecule has 0 saturated heterocycles. The summed E-state index contributed by atoms with van der Waals surface area (Å²) in [5.41, 5.74) is 0.410. The van der Waals surface area contributed by atoms with Crippen LogP contribution in [0.1, 0.15) is 20.7 Å². The Kier molecular flexibility index (Phi) is 7.44. The third-order valence-corrected chi connectivity index (χ3v) is 3.51. The van der Waals surface area contributed by atoms with Gasteiger partial charge in [-0.15, -0.1) is 0 Å². The highest BCUT2D eigenvalue weighted by Crippen LogP contribution is 2.17. The van der Waals surface area contributed by atoms with Crippen molar-refractivity contribution in [1.29, 1.82) is 0 Å². The maximum atomic E-state index is 12.1. The number of rotatable bonds is 9. The zero-order chi connectivity index (χ0) is 20.5. The molecule has 0 bridgehead atoms. The number of esters is 1. The number of methoxy groups -OCH3 is 1. The summed E-state index contributed by atoms with van der Waals surface area (Å²) < 4.78 is 38.2. The predicted molar refractivity (Wildman–Crippen MR) is 93.7 cm³/mol. The van der Waals surface area contributed by atoms with Crippen LogP contribution in [0.4, 0.5) is 8.78 Å². The van der Waals surface area contributed by atoms with Crippen LogP contribution in [0.15, 0.2) is 48.5 Å². The molecule has 0 fully saturated rings. The zero-order valence-electron chi connectivity index (χ0n) is 14.8. The van der Waals surface area contributed by atoms with Gasteiger partial charge in [0.15, 0.2) is 12.4 Å². The van der Waals surface area contributed by atoms with Gasteiger partial charge in [-0.1, -0.05) is 12.1 Å². The number of hydrogen-bond donors (Lipinski definition) is 1. The highest BCUT2D eigenvalue weighted by Gasteiger charge is 2.15. The van der Waals surface area contributed by atoms with Gasteiger partial charge >= 0.3 is 12.6 Å². The Morgan fingerprint density at radius 2 is 1.71 bits per heavy atom. The number of benzene rings is 2. The lowest BCUT2D eigenvalue weighted by Crippen LogP contribution is -2.31. The lowest BCUT2D eigenvalue weighted by Gasteiger charge is -2.09. The van der Waals surface area contributed by atoms with Crippen LogP contribution in [0.25, 0.3) is 0 Å². The molecule has 0 spiro atoms. The molecule has 0 heterocycles. The van der Waals surface area contributed by atoms with Crippen LogP contribution in [-0.2, 0) is 9.53 Å². The third kappa shape index (κ3) is 6.04. The van der Waals surface area contributed by atoms with Crippen LogP contribution < -0.4 is 14.8 Å². The molecule has 0 aliphatic carbocycles. The van der Waals surface area contributed by atoms with E-state index >= 15 is 0 Å². The first kappa shape index (κ1) is 20.8. The SMILES string of the molecule is COc1ccccc1C(=O)NCC(=O)OCC(=O)c1ccc(OC(F)F)cc1. The standard InChI is InChI=1S/C19H17F2NO6/c1-26-16-5-3-2-4-14(16)18(25)22-10-17(24)27-11-15(23)12-6-8-13(9-7-12)28-19(20)21/h2-9,19H,10-11H2,1H3,(H,22,25). The summed E-state index contributed by atoms with van der Waals surface area (Å²) in [5.74, 6) is -1.62. The molecule has 0 aliphatic rings. The van der Waals surface area contributed by atoms with Gasteiger partial charge < -0.3 is 19.5 Å². The van der Waals surface area contributed by atoms with E-state index in [2.05, 4.69) is 10.1 Å². The van der Waals surface area contributed by atoms with Crippen molar-refractivity contribution in [3.8, 4) is 11.5 Å². The summed E-state index contributed by atoms with van der Waals surface area (Å²) in [7, 11) is 1.41. The first-order chi connectivity index (χ1) is 13.4. The summed E-state index contributed by atoms with van der Waals surface area (Å²) in [4.78, 5) is 35.7. The van der Waals surface area contributed by atoms with E-state index in [1.54, 1.807) is 18.2 Å². The van der Waals surface area contributed by atoms with Crippen molar-refractivity contribution >= 4 is 17.7 Å². The molecule has 2 aromatic rings. The second-order valence-corrected chi connectivity index (χ2v) is 5.37. The van der Waals surface area contributed by atoms with Crippen LogP contribution in [0.2, 0.25) is 0 Å². The van der Waals surface area contributed by atoms with Crippen molar-refractivity contribution in [3.63, 3.8) is 0 Å². The Bertz CT molecular complexity index is 839. The number of halogens is 2. The number of Topliss-reactive ketones (excluding diaryl/α,β-unsaturated/α-hetero) is 1. The third-order valence-electron chi connectivity index (χ3n) is 3.51. The molecule has 2 aromatic carbocycles. The number of hydrogen-bond acceptors (Lipinski definition) is 6. The summed E-state index contributed by atoms with van der Waals surface area (Å²) in [5, 5.41) is 2.37. The van der Waals surface area contributed by atoms with E-state index in [4.69, 9.17) is 9.47 Å². The Labute approximate surface area is 159 Å². The number of ether oxygens (including phenoxy) is 3. The van der Waals surface area contributed by atoms with E-state index in [1.165, 1.54) is 37.4 Å². The first-order valence-corrected chi connectivity index (χ1v) is 8.05. The Hall–Kier alpha value is -3.49. The Morgan fingerprint density at radius 3 is 2.36 bits per heavy atom. The maximum Gasteiger partial charge on any atom is 0.387 e. The fourth-order valence-electron chi connectivity index (χ4n) is 2.18. The monoisotopic (exact) mass is 393 g/mol. The molecule has 0 aromatic heterocycles. The van der Waals surface area contributed by atoms with Crippen molar-refractivity contribution < 1.29 is 37.4 Å². The first-order valence-electron chi connectivity index (χ1n) is 8.05. The molecule has 0 atom stereocenters. The van der Waals surface area contributed by atoms with E-state index in [-0.39, 0.29) is 16.9 Å². The number of amides is 1. The molecule has 148 valence electrons. The number of carbonyl (C=O) groups is 3. The molecule has 1 amide bonds. The number of alkyl halides is 2. The number of nitrogens with one attached hydrogen (secondary N) is 1. The summed E-state index contributed by atoms with van der Waals surface area (Å²) in [6.45, 7) is -3.96. The molecular weight excluding hydrogens is 376 g/mol. The molecule has 9 heteroatoms. The van der Waals surface area contributed by atoms with E-state index in [0.29, 0.717) is 5.75 Å². The van der Waals surface area contributed by atoms with Gasteiger partial charge in [0, 0.05) is 5.56 Å². The van der Waals surface area contributed by atoms with Gasteiger partial charge in [-0.2, -0.15) is 8.78 Å². The van der Waals surface area contributed by atoms with Crippen molar-refractivity contribution in [2.75, 3.05) is 20.3 Å². The summed E-state index contributed by atoms with van der Waals surface area (Å²) in [6.07, 6.45) is 0. The Morgan fingerprint density at radius 1 is 1.04 bits per heavy atom. The summed E-state index contributed by atoms with van der Waals surface area (Å²) >= 11 is 0. The van der Waals surface area contributed by atoms with E-state index in [1.807, 2.05) is 0 Å². The molecule has 0 unspecified atom stereocenters. The largest absolute Gasteiger partial charge is 0.496 e. The second-order valence-electron chi connectivity index (χ2n) is 5.37. The van der Waals surface area contributed by atoms with Crippen molar-refractivity contribution in [1.82, 2.24) is 5.32 Å². The Balaban J connectivity index is 1.80. The molecule has 1 N–H and O–H groups in total. The lowest BCUT2D eigenvalue weighted by atomic mass is 10.1. The van der Waals surface area contributed by atoms with Crippen LogP contribution in [0.5, 0.6) is 11.5 Å². The van der Waals surface area contributed by atoms with E-state index in [0.717, 1.165) is 0 Å². The topological polar surface area (TPSA) is 90.9 Å². The van der Waals surface area contributed by atoms with Crippen molar-refractivity contribution in [2.24, 2.45) is 0 Å². The van der Waals surface area contributed by atoms with Crippen LogP contribution in [-0.4, -0.2) is 44.5 Å². The molecule has 28 heavy (non-hydrogen) atoms. The smallest absolute Gasteiger partial charge is 0.387 e. The molecule has 2 rings (SSSR count). The predicted octanol–water partition coefficient (Wildman–Crippen LogP) is 2.45. The van der Waals surface area contributed by atoms with Gasteiger partial charge in [-0.25, -0.2) is 0 Å². The minimum absolute atomic E-state index is 0.0948. The average Bonchev–Trinajstić information content (AvgIpc) is 2.70. The fourth-order valence-corrected chi connectivity index (χ4v) is 2.18. The molecular formula is C19H17F2NO6. The molecule has 0 radical (unpaired) electrons. The molecule has 7 nitrogen and oxygen atoms in total. The normalized spacial score (nSPS) is 10.3. The van der Waals surface area contributed by atoms with Crippen molar-refractivity contribution in [3.05, 3.63) is 59.7 Å². The van der Waals surface area contributed by atoms with Gasteiger partial charge in [0.1, 0.15) is 18.0 Å². The van der Waals surface area contributed by atoms with Gasteiger partial charge in [-0.3, -0.25) is 14.4 Å². The van der Waals surface area contributed by atoms with Gasteiger partial charge in [0.25, 0.3) is 5.91 Å². The second kappa shape index (κ2) is 10.0. The minimum Gasteiger partial charge on any atom is -0.496 e. The number of carbonyl (C=O) groups excluding carboxylic acids is 3. The zero-order valence-corrected chi connectivity index (χ0v) is 14.8. The minimum atomic E-state index is -2.96. The quantitative estimate of drug-likeness (QED) is 0.520. The highest BCUT2D eigenvalue weighted by atomic mass is 19.3.